The summed E-state index contributed by atoms with van der Waals surface area (Å²) in [5.74, 6) is 1.73. The lowest BCUT2D eigenvalue weighted by Crippen LogP contribution is -2.13. The minimum atomic E-state index is -3.70. The zero-order valence-electron chi connectivity index (χ0n) is 12.3. The van der Waals surface area contributed by atoms with Gasteiger partial charge in [0.2, 0.25) is 10.0 Å². The highest BCUT2D eigenvalue weighted by Gasteiger charge is 2.12. The molecular weight excluding hydrogens is 286 g/mol. The highest BCUT2D eigenvalue weighted by molar-refractivity contribution is 7.89. The first-order chi connectivity index (χ1) is 9.77. The minimum Gasteiger partial charge on any atom is -0.457 e. The summed E-state index contributed by atoms with van der Waals surface area (Å²) in [6, 6.07) is 12.6. The highest BCUT2D eigenvalue weighted by atomic mass is 32.2. The molecule has 0 aliphatic rings. The number of primary sulfonamides is 1. The molecule has 0 spiro atoms. The fourth-order valence-corrected chi connectivity index (χ4v) is 2.84. The van der Waals surface area contributed by atoms with E-state index in [0.29, 0.717) is 17.2 Å². The molecule has 0 unspecified atom stereocenters. The fraction of sp³-hybridized carbons (Fsp3) is 0.250. The second-order valence-corrected chi connectivity index (χ2v) is 6.83. The van der Waals surface area contributed by atoms with E-state index in [1.165, 1.54) is 11.6 Å². The van der Waals surface area contributed by atoms with Crippen LogP contribution >= 0.6 is 0 Å². The molecule has 2 aromatic carbocycles. The Hall–Kier alpha value is -1.85. The van der Waals surface area contributed by atoms with E-state index in [1.807, 2.05) is 24.3 Å². The lowest BCUT2D eigenvalue weighted by atomic mass is 10.0. The van der Waals surface area contributed by atoms with E-state index in [4.69, 9.17) is 9.88 Å². The first-order valence-electron chi connectivity index (χ1n) is 6.68. The van der Waals surface area contributed by atoms with E-state index < -0.39 is 10.0 Å². The summed E-state index contributed by atoms with van der Waals surface area (Å²) >= 11 is 0. The molecule has 0 aliphatic heterocycles. The van der Waals surface area contributed by atoms with Crippen molar-refractivity contribution in [3.8, 4) is 11.5 Å². The van der Waals surface area contributed by atoms with Gasteiger partial charge in [-0.1, -0.05) is 26.0 Å². The molecular formula is C16H19NO3S. The van der Waals surface area contributed by atoms with Gasteiger partial charge in [0.15, 0.2) is 0 Å². The Labute approximate surface area is 125 Å². The van der Waals surface area contributed by atoms with Gasteiger partial charge in [0.25, 0.3) is 0 Å². The van der Waals surface area contributed by atoms with Crippen molar-refractivity contribution in [2.45, 2.75) is 31.6 Å². The molecule has 0 aliphatic carbocycles. The van der Waals surface area contributed by atoms with Crippen molar-refractivity contribution in [2.24, 2.45) is 5.14 Å². The van der Waals surface area contributed by atoms with Gasteiger partial charge in [-0.3, -0.25) is 0 Å². The predicted molar refractivity (Wildman–Crippen MR) is 83.2 cm³/mol. The van der Waals surface area contributed by atoms with Crippen LogP contribution in [-0.2, 0) is 10.0 Å². The van der Waals surface area contributed by atoms with Crippen LogP contribution in [0.1, 0.15) is 30.9 Å². The van der Waals surface area contributed by atoms with Crippen LogP contribution in [0, 0.1) is 6.92 Å². The van der Waals surface area contributed by atoms with Gasteiger partial charge in [-0.25, -0.2) is 13.6 Å². The first-order valence-corrected chi connectivity index (χ1v) is 8.23. The second kappa shape index (κ2) is 5.87. The molecule has 0 radical (unpaired) electrons. The molecule has 0 atom stereocenters. The van der Waals surface area contributed by atoms with E-state index in [1.54, 1.807) is 19.1 Å². The molecule has 0 fully saturated rings. The average molecular weight is 305 g/mol. The Morgan fingerprint density at radius 3 is 2.29 bits per heavy atom. The number of hydrogen-bond donors (Lipinski definition) is 1. The predicted octanol–water partition coefficient (Wildman–Crippen LogP) is 3.56. The number of ether oxygens (including phenoxy) is 1. The van der Waals surface area contributed by atoms with Crippen LogP contribution in [0.2, 0.25) is 0 Å². The molecule has 21 heavy (non-hydrogen) atoms. The summed E-state index contributed by atoms with van der Waals surface area (Å²) in [7, 11) is -3.70. The maximum atomic E-state index is 11.4. The SMILES string of the molecule is Cc1cc(Oc2cccc(C(C)C)c2)ccc1S(N)(=O)=O. The summed E-state index contributed by atoms with van der Waals surface area (Å²) in [6.45, 7) is 5.92. The number of hydrogen-bond acceptors (Lipinski definition) is 3. The van der Waals surface area contributed by atoms with Crippen molar-refractivity contribution >= 4 is 10.0 Å². The zero-order chi connectivity index (χ0) is 15.6. The number of sulfonamides is 1. The van der Waals surface area contributed by atoms with Crippen molar-refractivity contribution in [1.29, 1.82) is 0 Å². The van der Waals surface area contributed by atoms with Gasteiger partial charge in [-0.05, 0) is 54.3 Å². The largest absolute Gasteiger partial charge is 0.457 e. The van der Waals surface area contributed by atoms with Gasteiger partial charge in [-0.2, -0.15) is 0 Å². The summed E-state index contributed by atoms with van der Waals surface area (Å²) in [6.07, 6.45) is 0. The van der Waals surface area contributed by atoms with Crippen LogP contribution in [0.25, 0.3) is 0 Å². The summed E-state index contributed by atoms with van der Waals surface area (Å²) < 4.78 is 28.5. The van der Waals surface area contributed by atoms with Gasteiger partial charge >= 0.3 is 0 Å². The minimum absolute atomic E-state index is 0.116. The quantitative estimate of drug-likeness (QED) is 0.939. The number of rotatable bonds is 4. The highest BCUT2D eigenvalue weighted by Crippen LogP contribution is 2.27. The van der Waals surface area contributed by atoms with E-state index in [9.17, 15) is 8.42 Å². The monoisotopic (exact) mass is 305 g/mol. The van der Waals surface area contributed by atoms with Crippen molar-refractivity contribution in [2.75, 3.05) is 0 Å². The molecule has 5 heteroatoms. The molecule has 0 heterocycles. The van der Waals surface area contributed by atoms with Gasteiger partial charge in [0, 0.05) is 0 Å². The molecule has 112 valence electrons. The lowest BCUT2D eigenvalue weighted by Gasteiger charge is -2.11. The standard InChI is InChI=1S/C16H19NO3S/c1-11(2)13-5-4-6-14(10-13)20-15-7-8-16(12(3)9-15)21(17,18)19/h4-11H,1-3H3,(H2,17,18,19). The lowest BCUT2D eigenvalue weighted by molar-refractivity contribution is 0.480. The Morgan fingerprint density at radius 1 is 1.05 bits per heavy atom. The Bertz CT molecular complexity index is 752. The third-order valence-electron chi connectivity index (χ3n) is 3.21. The second-order valence-electron chi connectivity index (χ2n) is 5.30. The molecule has 0 bridgehead atoms. The zero-order valence-corrected chi connectivity index (χ0v) is 13.1. The third-order valence-corrected chi connectivity index (χ3v) is 4.28. The Morgan fingerprint density at radius 2 is 1.71 bits per heavy atom. The van der Waals surface area contributed by atoms with Crippen LogP contribution in [-0.4, -0.2) is 8.42 Å². The summed E-state index contributed by atoms with van der Waals surface area (Å²) in [5.41, 5.74) is 1.75. The van der Waals surface area contributed by atoms with Gasteiger partial charge in [-0.15, -0.1) is 0 Å². The van der Waals surface area contributed by atoms with E-state index in [-0.39, 0.29) is 4.90 Å². The van der Waals surface area contributed by atoms with Crippen LogP contribution < -0.4 is 9.88 Å². The number of benzene rings is 2. The molecule has 0 saturated heterocycles. The van der Waals surface area contributed by atoms with E-state index in [0.717, 1.165) is 5.75 Å². The average Bonchev–Trinajstić information content (AvgIpc) is 2.37. The summed E-state index contributed by atoms with van der Waals surface area (Å²) in [5, 5.41) is 5.14. The van der Waals surface area contributed by atoms with Gasteiger partial charge in [0.1, 0.15) is 11.5 Å². The van der Waals surface area contributed by atoms with Crippen LogP contribution in [0.4, 0.5) is 0 Å². The number of aryl methyl sites for hydroxylation is 1. The molecule has 2 rings (SSSR count). The Balaban J connectivity index is 2.29. The first kappa shape index (κ1) is 15.5. The number of nitrogens with two attached hydrogens (primary N) is 1. The van der Waals surface area contributed by atoms with Gasteiger partial charge in [0.05, 0.1) is 4.90 Å². The normalized spacial score (nSPS) is 11.7. The van der Waals surface area contributed by atoms with Crippen molar-refractivity contribution in [3.63, 3.8) is 0 Å². The van der Waals surface area contributed by atoms with Gasteiger partial charge < -0.3 is 4.74 Å². The molecule has 0 aromatic heterocycles. The molecule has 4 nitrogen and oxygen atoms in total. The topological polar surface area (TPSA) is 69.4 Å². The van der Waals surface area contributed by atoms with E-state index in [2.05, 4.69) is 13.8 Å². The van der Waals surface area contributed by atoms with Crippen molar-refractivity contribution in [1.82, 2.24) is 0 Å². The van der Waals surface area contributed by atoms with E-state index >= 15 is 0 Å². The molecule has 0 saturated carbocycles. The van der Waals surface area contributed by atoms with Crippen LogP contribution in [0.5, 0.6) is 11.5 Å². The van der Waals surface area contributed by atoms with Crippen molar-refractivity contribution in [3.05, 3.63) is 53.6 Å². The maximum absolute atomic E-state index is 11.4. The fourth-order valence-electron chi connectivity index (χ4n) is 2.08. The van der Waals surface area contributed by atoms with Crippen molar-refractivity contribution < 1.29 is 13.2 Å². The molecule has 2 N–H and O–H groups in total. The molecule has 0 amide bonds. The molecule has 2 aromatic rings. The van der Waals surface area contributed by atoms with Crippen LogP contribution in [0.15, 0.2) is 47.4 Å². The Kier molecular flexibility index (Phi) is 4.34. The third kappa shape index (κ3) is 3.83. The maximum Gasteiger partial charge on any atom is 0.238 e. The smallest absolute Gasteiger partial charge is 0.238 e. The summed E-state index contributed by atoms with van der Waals surface area (Å²) in [4.78, 5) is 0.116. The van der Waals surface area contributed by atoms with Crippen LogP contribution in [0.3, 0.4) is 0 Å².